The van der Waals surface area contributed by atoms with Crippen LogP contribution in [0.3, 0.4) is 0 Å². The molecule has 100 valence electrons. The highest BCUT2D eigenvalue weighted by atomic mass is 79.9. The number of hydrogen-bond acceptors (Lipinski definition) is 4. The molecule has 2 heterocycles. The normalized spacial score (nSPS) is 11.3. The van der Waals surface area contributed by atoms with Crippen molar-refractivity contribution in [1.82, 2.24) is 9.97 Å². The van der Waals surface area contributed by atoms with Crippen LogP contribution in [-0.4, -0.2) is 18.4 Å². The van der Waals surface area contributed by atoms with Gasteiger partial charge in [-0.1, -0.05) is 11.6 Å². The van der Waals surface area contributed by atoms with Crippen LogP contribution in [0.15, 0.2) is 40.1 Å². The van der Waals surface area contributed by atoms with Crippen LogP contribution in [-0.2, 0) is 10.0 Å². The van der Waals surface area contributed by atoms with Crippen LogP contribution in [0.1, 0.15) is 5.56 Å². The van der Waals surface area contributed by atoms with E-state index in [1.54, 1.807) is 13.0 Å². The van der Waals surface area contributed by atoms with Gasteiger partial charge in [0.1, 0.15) is 10.0 Å². The number of aromatic nitrogens is 2. The van der Waals surface area contributed by atoms with E-state index in [-0.39, 0.29) is 4.90 Å². The fourth-order valence-corrected chi connectivity index (χ4v) is 3.01. The number of nitrogens with zero attached hydrogens (tertiary/aromatic N) is 2. The van der Waals surface area contributed by atoms with Crippen LogP contribution < -0.4 is 4.72 Å². The van der Waals surface area contributed by atoms with Crippen molar-refractivity contribution >= 4 is 43.2 Å². The molecule has 0 atom stereocenters. The zero-order valence-electron chi connectivity index (χ0n) is 9.76. The third kappa shape index (κ3) is 3.43. The van der Waals surface area contributed by atoms with E-state index in [4.69, 9.17) is 11.6 Å². The van der Waals surface area contributed by atoms with Crippen molar-refractivity contribution < 1.29 is 8.42 Å². The van der Waals surface area contributed by atoms with Gasteiger partial charge in [0, 0.05) is 16.9 Å². The molecule has 0 aliphatic carbocycles. The Morgan fingerprint density at radius 3 is 2.63 bits per heavy atom. The van der Waals surface area contributed by atoms with E-state index in [9.17, 15) is 8.42 Å². The van der Waals surface area contributed by atoms with Crippen LogP contribution >= 0.6 is 27.5 Å². The molecule has 0 saturated heterocycles. The minimum absolute atomic E-state index is 0.0643. The molecule has 0 radical (unpaired) electrons. The quantitative estimate of drug-likeness (QED) is 0.852. The Hall–Kier alpha value is -1.18. The van der Waals surface area contributed by atoms with E-state index >= 15 is 0 Å². The van der Waals surface area contributed by atoms with Gasteiger partial charge < -0.3 is 0 Å². The van der Waals surface area contributed by atoms with E-state index < -0.39 is 10.0 Å². The van der Waals surface area contributed by atoms with Crippen molar-refractivity contribution in [2.75, 3.05) is 4.72 Å². The molecule has 2 aromatic rings. The van der Waals surface area contributed by atoms with Crippen molar-refractivity contribution in [3.05, 3.63) is 45.9 Å². The highest BCUT2D eigenvalue weighted by Gasteiger charge is 2.15. The first kappa shape index (κ1) is 14.2. The van der Waals surface area contributed by atoms with Gasteiger partial charge in [-0.3, -0.25) is 9.71 Å². The van der Waals surface area contributed by atoms with Crippen LogP contribution in [0.4, 0.5) is 5.69 Å². The van der Waals surface area contributed by atoms with Gasteiger partial charge in [-0.05, 0) is 40.5 Å². The van der Waals surface area contributed by atoms with Gasteiger partial charge in [-0.15, -0.1) is 0 Å². The first-order valence-electron chi connectivity index (χ1n) is 5.14. The summed E-state index contributed by atoms with van der Waals surface area (Å²) in [4.78, 5) is 7.77. The average Bonchev–Trinajstić information content (AvgIpc) is 2.33. The summed E-state index contributed by atoms with van der Waals surface area (Å²) in [7, 11) is -3.69. The summed E-state index contributed by atoms with van der Waals surface area (Å²) in [6, 6.07) is 3.07. The highest BCUT2D eigenvalue weighted by Crippen LogP contribution is 2.20. The zero-order chi connectivity index (χ0) is 14.0. The minimum atomic E-state index is -3.69. The van der Waals surface area contributed by atoms with Gasteiger partial charge in [0.2, 0.25) is 0 Å². The predicted octanol–water partition coefficient (Wildman–Crippen LogP) is 3.00. The van der Waals surface area contributed by atoms with Crippen molar-refractivity contribution in [2.24, 2.45) is 0 Å². The first-order valence-corrected chi connectivity index (χ1v) is 7.79. The van der Waals surface area contributed by atoms with Crippen LogP contribution in [0.2, 0.25) is 5.15 Å². The zero-order valence-corrected chi connectivity index (χ0v) is 12.9. The summed E-state index contributed by atoms with van der Waals surface area (Å²) >= 11 is 8.96. The van der Waals surface area contributed by atoms with E-state index in [1.807, 2.05) is 0 Å². The predicted molar refractivity (Wildman–Crippen MR) is 76.7 cm³/mol. The Morgan fingerprint density at radius 1 is 1.26 bits per heavy atom. The molecule has 0 fully saturated rings. The lowest BCUT2D eigenvalue weighted by Gasteiger charge is -2.08. The molecule has 0 aliphatic rings. The summed E-state index contributed by atoms with van der Waals surface area (Å²) in [5, 5.41) is 0.340. The van der Waals surface area contributed by atoms with Gasteiger partial charge in [-0.2, -0.15) is 0 Å². The number of pyridine rings is 2. The molecule has 0 saturated carbocycles. The number of rotatable bonds is 3. The lowest BCUT2D eigenvalue weighted by molar-refractivity contribution is 0.600. The molecule has 0 unspecified atom stereocenters. The Labute approximate surface area is 124 Å². The second-order valence-electron chi connectivity index (χ2n) is 3.78. The van der Waals surface area contributed by atoms with E-state index in [0.29, 0.717) is 20.9 Å². The molecule has 8 heteroatoms. The number of anilines is 1. The molecule has 2 rings (SSSR count). The lowest BCUT2D eigenvalue weighted by atomic mass is 10.3. The monoisotopic (exact) mass is 361 g/mol. The molecule has 1 N–H and O–H groups in total. The van der Waals surface area contributed by atoms with Crippen LogP contribution in [0.25, 0.3) is 0 Å². The van der Waals surface area contributed by atoms with Crippen LogP contribution in [0, 0.1) is 6.92 Å². The summed E-state index contributed by atoms with van der Waals surface area (Å²) in [5.74, 6) is 0. The maximum absolute atomic E-state index is 12.1. The fraction of sp³-hybridized carbons (Fsp3) is 0.0909. The summed E-state index contributed by atoms with van der Waals surface area (Å²) < 4.78 is 27.2. The smallest absolute Gasteiger partial charge is 0.263 e. The maximum Gasteiger partial charge on any atom is 0.263 e. The Kier molecular flexibility index (Phi) is 4.07. The third-order valence-electron chi connectivity index (χ3n) is 2.26. The van der Waals surface area contributed by atoms with Crippen molar-refractivity contribution in [3.8, 4) is 0 Å². The van der Waals surface area contributed by atoms with E-state index in [1.165, 1.54) is 24.7 Å². The number of hydrogen-bond donors (Lipinski definition) is 1. The number of halogens is 2. The van der Waals surface area contributed by atoms with E-state index in [0.717, 1.165) is 0 Å². The van der Waals surface area contributed by atoms with Gasteiger partial charge in [0.25, 0.3) is 10.0 Å². The molecule has 0 bridgehead atoms. The molecular weight excluding hydrogens is 354 g/mol. The van der Waals surface area contributed by atoms with Crippen molar-refractivity contribution in [1.29, 1.82) is 0 Å². The molecule has 5 nitrogen and oxygen atoms in total. The first-order chi connectivity index (χ1) is 8.88. The maximum atomic E-state index is 12.1. The average molecular weight is 363 g/mol. The summed E-state index contributed by atoms with van der Waals surface area (Å²) in [5.41, 5.74) is 1.04. The Balaban J connectivity index is 2.33. The number of sulfonamides is 1. The molecule has 19 heavy (non-hydrogen) atoms. The largest absolute Gasteiger partial charge is 0.278 e. The fourth-order valence-electron chi connectivity index (χ4n) is 1.37. The molecule has 0 aliphatic heterocycles. The van der Waals surface area contributed by atoms with Gasteiger partial charge in [0.15, 0.2) is 0 Å². The Bertz CT molecular complexity index is 722. The second-order valence-corrected chi connectivity index (χ2v) is 6.73. The summed E-state index contributed by atoms with van der Waals surface area (Å²) in [6.45, 7) is 1.74. The lowest BCUT2D eigenvalue weighted by Crippen LogP contribution is -2.13. The number of nitrogens with one attached hydrogen (secondary N) is 1. The van der Waals surface area contributed by atoms with Gasteiger partial charge in [-0.25, -0.2) is 13.4 Å². The van der Waals surface area contributed by atoms with Gasteiger partial charge >= 0.3 is 0 Å². The van der Waals surface area contributed by atoms with Crippen molar-refractivity contribution in [3.63, 3.8) is 0 Å². The molecular formula is C11H9BrClN3O2S. The SMILES string of the molecule is Cc1cc(NS(=O)(=O)c2cncc(Br)c2)cnc1Cl. The Morgan fingerprint density at radius 2 is 2.00 bits per heavy atom. The minimum Gasteiger partial charge on any atom is -0.278 e. The second kappa shape index (κ2) is 5.44. The highest BCUT2D eigenvalue weighted by molar-refractivity contribution is 9.10. The molecule has 0 spiro atoms. The van der Waals surface area contributed by atoms with Crippen LogP contribution in [0.5, 0.6) is 0 Å². The molecule has 2 aromatic heterocycles. The number of aryl methyl sites for hydroxylation is 1. The molecule has 0 amide bonds. The van der Waals surface area contributed by atoms with Crippen molar-refractivity contribution in [2.45, 2.75) is 11.8 Å². The van der Waals surface area contributed by atoms with Gasteiger partial charge in [0.05, 0.1) is 11.9 Å². The topological polar surface area (TPSA) is 72.0 Å². The standard InChI is InChI=1S/C11H9BrClN3O2S/c1-7-2-9(5-15-11(7)13)16-19(17,18)10-3-8(12)4-14-6-10/h2-6,16H,1H3. The third-order valence-corrected chi connectivity index (χ3v) is 4.43. The summed E-state index contributed by atoms with van der Waals surface area (Å²) in [6.07, 6.45) is 4.13. The van der Waals surface area contributed by atoms with E-state index in [2.05, 4.69) is 30.6 Å². The molecule has 0 aromatic carbocycles.